The van der Waals surface area contributed by atoms with Crippen molar-refractivity contribution in [2.75, 3.05) is 6.61 Å². The van der Waals surface area contributed by atoms with Crippen LogP contribution < -0.4 is 5.32 Å². The van der Waals surface area contributed by atoms with Gasteiger partial charge in [-0.1, -0.05) is 12.8 Å². The van der Waals surface area contributed by atoms with Gasteiger partial charge in [0.05, 0.1) is 12.9 Å². The Morgan fingerprint density at radius 2 is 2.17 bits per heavy atom. The molecule has 1 aromatic heterocycles. The third kappa shape index (κ3) is 2.05. The number of aliphatic hydroxyl groups is 1. The molecule has 0 saturated heterocycles. The van der Waals surface area contributed by atoms with E-state index in [2.05, 4.69) is 5.32 Å². The minimum absolute atomic E-state index is 0.0855. The minimum atomic E-state index is -0.407. The maximum atomic E-state index is 12.2. The summed E-state index contributed by atoms with van der Waals surface area (Å²) in [5, 5.41) is 12.2. The van der Waals surface area contributed by atoms with Crippen LogP contribution in [0.5, 0.6) is 0 Å². The van der Waals surface area contributed by atoms with E-state index in [1.54, 1.807) is 18.4 Å². The monoisotopic (exact) mass is 249 g/mol. The fourth-order valence-corrected chi connectivity index (χ4v) is 3.35. The highest BCUT2D eigenvalue weighted by Gasteiger charge is 2.54. The highest BCUT2D eigenvalue weighted by atomic mass is 16.3. The number of amides is 1. The fraction of sp³-hybridized carbons (Fsp3) is 0.643. The van der Waals surface area contributed by atoms with Gasteiger partial charge >= 0.3 is 0 Å². The van der Waals surface area contributed by atoms with Gasteiger partial charge in [0.2, 0.25) is 5.91 Å². The predicted octanol–water partition coefficient (Wildman–Crippen LogP) is 1.87. The molecule has 4 heteroatoms. The van der Waals surface area contributed by atoms with Crippen LogP contribution in [0.3, 0.4) is 0 Å². The van der Waals surface area contributed by atoms with E-state index in [9.17, 15) is 9.90 Å². The largest absolute Gasteiger partial charge is 0.467 e. The van der Waals surface area contributed by atoms with E-state index >= 15 is 0 Å². The summed E-state index contributed by atoms with van der Waals surface area (Å²) in [6.45, 7) is -0.124. The smallest absolute Gasteiger partial charge is 0.224 e. The summed E-state index contributed by atoms with van der Waals surface area (Å²) in [6.07, 6.45) is 6.45. The Balaban J connectivity index is 1.60. The molecule has 98 valence electrons. The number of fused-ring (bicyclic) bond motifs is 1. The number of carbonyl (C=O) groups is 1. The molecule has 0 aromatic carbocycles. The predicted molar refractivity (Wildman–Crippen MR) is 65.6 cm³/mol. The molecule has 1 aromatic rings. The van der Waals surface area contributed by atoms with E-state index in [0.29, 0.717) is 17.6 Å². The second kappa shape index (κ2) is 4.76. The molecular formula is C14H19NO3. The molecule has 2 fully saturated rings. The Bertz CT molecular complexity index is 403. The Morgan fingerprint density at radius 1 is 1.44 bits per heavy atom. The first-order valence-corrected chi connectivity index (χ1v) is 6.76. The van der Waals surface area contributed by atoms with Crippen LogP contribution in [0.2, 0.25) is 0 Å². The van der Waals surface area contributed by atoms with Crippen LogP contribution in [-0.4, -0.2) is 17.6 Å². The van der Waals surface area contributed by atoms with Crippen LogP contribution in [0.15, 0.2) is 22.8 Å². The van der Waals surface area contributed by atoms with Crippen molar-refractivity contribution < 1.29 is 14.3 Å². The van der Waals surface area contributed by atoms with Crippen molar-refractivity contribution in [1.29, 1.82) is 0 Å². The molecule has 4 nitrogen and oxygen atoms in total. The Kier molecular flexibility index (Phi) is 3.12. The molecule has 0 bridgehead atoms. The number of nitrogens with one attached hydrogen (secondary N) is 1. The van der Waals surface area contributed by atoms with Gasteiger partial charge in [0, 0.05) is 5.92 Å². The SMILES string of the molecule is O=C(NC(CO)c1ccco1)C1C2CCCCC21. The second-order valence-electron chi connectivity index (χ2n) is 5.40. The number of rotatable bonds is 4. The number of aliphatic hydroxyl groups excluding tert-OH is 1. The Hall–Kier alpha value is -1.29. The standard InChI is InChI=1S/C14H19NO3/c16-8-11(12-6-3-7-18-12)15-14(17)13-9-4-1-2-5-10(9)13/h3,6-7,9-11,13,16H,1-2,4-5,8H2,(H,15,17). The van der Waals surface area contributed by atoms with Gasteiger partial charge in [-0.3, -0.25) is 4.79 Å². The topological polar surface area (TPSA) is 62.5 Å². The first-order valence-electron chi connectivity index (χ1n) is 6.76. The maximum Gasteiger partial charge on any atom is 0.224 e. The van der Waals surface area contributed by atoms with Crippen LogP contribution in [0.4, 0.5) is 0 Å². The number of hydrogen-bond acceptors (Lipinski definition) is 3. The molecule has 18 heavy (non-hydrogen) atoms. The summed E-state index contributed by atoms with van der Waals surface area (Å²) in [7, 11) is 0. The second-order valence-corrected chi connectivity index (χ2v) is 5.40. The van der Waals surface area contributed by atoms with Gasteiger partial charge in [0.1, 0.15) is 11.8 Å². The first-order chi connectivity index (χ1) is 8.81. The summed E-state index contributed by atoms with van der Waals surface area (Å²) in [5.74, 6) is 2.07. The third-order valence-electron chi connectivity index (χ3n) is 4.34. The molecule has 2 aliphatic carbocycles. The van der Waals surface area contributed by atoms with Gasteiger partial charge in [-0.2, -0.15) is 0 Å². The molecule has 2 saturated carbocycles. The van der Waals surface area contributed by atoms with E-state index < -0.39 is 6.04 Å². The lowest BCUT2D eigenvalue weighted by Gasteiger charge is -2.13. The van der Waals surface area contributed by atoms with Gasteiger partial charge < -0.3 is 14.8 Å². The first kappa shape index (κ1) is 11.8. The maximum absolute atomic E-state index is 12.2. The summed E-state index contributed by atoms with van der Waals surface area (Å²) < 4.78 is 5.23. The molecule has 0 spiro atoms. The lowest BCUT2D eigenvalue weighted by molar-refractivity contribution is -0.124. The van der Waals surface area contributed by atoms with E-state index in [-0.39, 0.29) is 18.4 Å². The lowest BCUT2D eigenvalue weighted by atomic mass is 10.0. The Labute approximate surface area is 106 Å². The molecule has 2 aliphatic rings. The van der Waals surface area contributed by atoms with Crippen LogP contribution in [0.25, 0.3) is 0 Å². The highest BCUT2D eigenvalue weighted by molar-refractivity contribution is 5.82. The summed E-state index contributed by atoms with van der Waals surface area (Å²) >= 11 is 0. The van der Waals surface area contributed by atoms with Crippen molar-refractivity contribution in [3.05, 3.63) is 24.2 Å². The zero-order valence-corrected chi connectivity index (χ0v) is 10.3. The highest BCUT2D eigenvalue weighted by Crippen LogP contribution is 2.55. The van der Waals surface area contributed by atoms with Crippen molar-refractivity contribution in [1.82, 2.24) is 5.32 Å². The van der Waals surface area contributed by atoms with Crippen LogP contribution in [-0.2, 0) is 4.79 Å². The van der Waals surface area contributed by atoms with Gasteiger partial charge in [-0.25, -0.2) is 0 Å². The zero-order valence-electron chi connectivity index (χ0n) is 10.3. The van der Waals surface area contributed by atoms with Crippen molar-refractivity contribution in [3.8, 4) is 0 Å². The number of furan rings is 1. The quantitative estimate of drug-likeness (QED) is 0.856. The normalized spacial score (nSPS) is 31.5. The van der Waals surface area contributed by atoms with Gasteiger partial charge in [0.15, 0.2) is 0 Å². The van der Waals surface area contributed by atoms with E-state index in [1.807, 2.05) is 0 Å². The molecule has 3 rings (SSSR count). The Morgan fingerprint density at radius 3 is 2.72 bits per heavy atom. The average molecular weight is 249 g/mol. The van der Waals surface area contributed by atoms with E-state index in [1.165, 1.54) is 25.7 Å². The van der Waals surface area contributed by atoms with Crippen LogP contribution in [0, 0.1) is 17.8 Å². The summed E-state index contributed by atoms with van der Waals surface area (Å²) in [5.41, 5.74) is 0. The van der Waals surface area contributed by atoms with Crippen molar-refractivity contribution in [2.24, 2.45) is 17.8 Å². The molecule has 1 amide bonds. The summed E-state index contributed by atoms with van der Waals surface area (Å²) in [4.78, 5) is 12.2. The van der Waals surface area contributed by atoms with Gasteiger partial charge in [0.25, 0.3) is 0 Å². The zero-order chi connectivity index (χ0) is 12.5. The molecule has 0 radical (unpaired) electrons. The molecule has 2 N–H and O–H groups in total. The molecule has 3 unspecified atom stereocenters. The third-order valence-corrected chi connectivity index (χ3v) is 4.34. The average Bonchev–Trinajstić information content (AvgIpc) is 2.87. The molecule has 0 aliphatic heterocycles. The minimum Gasteiger partial charge on any atom is -0.467 e. The molecule has 3 atom stereocenters. The lowest BCUT2D eigenvalue weighted by Crippen LogP contribution is -2.32. The van der Waals surface area contributed by atoms with Gasteiger partial charge in [-0.05, 0) is 36.8 Å². The van der Waals surface area contributed by atoms with E-state index in [0.717, 1.165) is 0 Å². The molecule has 1 heterocycles. The van der Waals surface area contributed by atoms with Crippen molar-refractivity contribution in [3.63, 3.8) is 0 Å². The van der Waals surface area contributed by atoms with Crippen molar-refractivity contribution >= 4 is 5.91 Å². The number of carbonyl (C=O) groups excluding carboxylic acids is 1. The van der Waals surface area contributed by atoms with E-state index in [4.69, 9.17) is 4.42 Å². The fourth-order valence-electron chi connectivity index (χ4n) is 3.35. The summed E-state index contributed by atoms with van der Waals surface area (Å²) in [6, 6.07) is 3.14. The number of hydrogen-bond donors (Lipinski definition) is 2. The van der Waals surface area contributed by atoms with Crippen LogP contribution >= 0.6 is 0 Å². The molecular weight excluding hydrogens is 230 g/mol. The van der Waals surface area contributed by atoms with Crippen LogP contribution in [0.1, 0.15) is 37.5 Å². The van der Waals surface area contributed by atoms with Gasteiger partial charge in [-0.15, -0.1) is 0 Å². The van der Waals surface area contributed by atoms with Crippen molar-refractivity contribution in [2.45, 2.75) is 31.7 Å².